The summed E-state index contributed by atoms with van der Waals surface area (Å²) in [6.45, 7) is 5.35. The minimum atomic E-state index is -1.69. The molecule has 0 heterocycles. The fourth-order valence-electron chi connectivity index (χ4n) is 4.17. The number of rotatable bonds is 17. The van der Waals surface area contributed by atoms with Gasteiger partial charge in [-0.2, -0.15) is 0 Å². The van der Waals surface area contributed by atoms with Crippen molar-refractivity contribution in [1.29, 1.82) is 0 Å². The monoisotopic (exact) mass is 672 g/mol. The summed E-state index contributed by atoms with van der Waals surface area (Å²) in [5, 5.41) is 28.9. The maximum atomic E-state index is 13.1. The molecule has 2 aromatic rings. The Morgan fingerprint density at radius 3 is 1.85 bits per heavy atom. The number of ether oxygens (including phenoxy) is 2. The minimum Gasteiger partial charge on any atom is -0.489 e. The zero-order chi connectivity index (χ0) is 36.0. The van der Waals surface area contributed by atoms with E-state index in [2.05, 4.69) is 21.3 Å². The van der Waals surface area contributed by atoms with Crippen LogP contribution in [0.3, 0.4) is 0 Å². The lowest BCUT2D eigenvalue weighted by atomic mass is 10.0. The molecule has 6 amide bonds. The Balaban J connectivity index is 2.06. The predicted octanol–water partition coefficient (Wildman–Crippen LogP) is -1.11. The van der Waals surface area contributed by atoms with Crippen LogP contribution in [0.4, 0.5) is 4.79 Å². The summed E-state index contributed by atoms with van der Waals surface area (Å²) in [4.78, 5) is 75.1. The SMILES string of the molecule is C[C@H](O)[C@@H](NC(=O)OC(C)(C)C)C(=O)N[C@@H](CC(N)=O)C(=O)N[C@@H](CO)C(=O)N[C@@H](Cc1ccc(OCc2ccccc2)cc1)C(N)=O. The normalized spacial score (nSPS) is 14.2. The molecule has 0 saturated heterocycles. The first kappa shape index (κ1) is 39.0. The van der Waals surface area contributed by atoms with E-state index in [-0.39, 0.29) is 6.42 Å². The smallest absolute Gasteiger partial charge is 0.408 e. The van der Waals surface area contributed by atoms with E-state index in [0.29, 0.717) is 17.9 Å². The summed E-state index contributed by atoms with van der Waals surface area (Å²) >= 11 is 0. The Morgan fingerprint density at radius 2 is 1.33 bits per heavy atom. The number of carbonyl (C=O) groups is 6. The number of carbonyl (C=O) groups excluding carboxylic acids is 6. The first-order valence-electron chi connectivity index (χ1n) is 15.0. The van der Waals surface area contributed by atoms with Crippen LogP contribution in [0.15, 0.2) is 54.6 Å². The number of amides is 6. The lowest BCUT2D eigenvalue weighted by molar-refractivity contribution is -0.135. The molecular weight excluding hydrogens is 628 g/mol. The van der Waals surface area contributed by atoms with Crippen molar-refractivity contribution in [2.45, 2.75) is 83.0 Å². The second-order valence-corrected chi connectivity index (χ2v) is 11.9. The van der Waals surface area contributed by atoms with Gasteiger partial charge in [0.1, 0.15) is 42.1 Å². The molecule has 262 valence electrons. The van der Waals surface area contributed by atoms with Crippen LogP contribution in [0.2, 0.25) is 0 Å². The number of nitrogens with two attached hydrogens (primary N) is 2. The average Bonchev–Trinajstić information content (AvgIpc) is 3.00. The quantitative estimate of drug-likeness (QED) is 0.100. The van der Waals surface area contributed by atoms with Gasteiger partial charge in [0.05, 0.1) is 19.1 Å². The Hall–Kier alpha value is -5.22. The second kappa shape index (κ2) is 18.2. The van der Waals surface area contributed by atoms with Gasteiger partial charge in [0.15, 0.2) is 0 Å². The van der Waals surface area contributed by atoms with E-state index in [1.54, 1.807) is 45.0 Å². The zero-order valence-electron chi connectivity index (χ0n) is 27.2. The van der Waals surface area contributed by atoms with Crippen LogP contribution in [0, 0.1) is 0 Å². The van der Waals surface area contributed by atoms with Crippen molar-refractivity contribution in [3.63, 3.8) is 0 Å². The molecular formula is C32H44N6O10. The highest BCUT2D eigenvalue weighted by Crippen LogP contribution is 2.16. The Kier molecular flexibility index (Phi) is 14.8. The highest BCUT2D eigenvalue weighted by Gasteiger charge is 2.34. The highest BCUT2D eigenvalue weighted by molar-refractivity contribution is 5.97. The molecule has 2 rings (SSSR count). The first-order valence-corrected chi connectivity index (χ1v) is 15.0. The van der Waals surface area contributed by atoms with Crippen molar-refractivity contribution in [3.05, 3.63) is 65.7 Å². The summed E-state index contributed by atoms with van der Waals surface area (Å²) in [5.41, 5.74) is 11.4. The van der Waals surface area contributed by atoms with Crippen LogP contribution >= 0.6 is 0 Å². The molecule has 0 aliphatic heterocycles. The van der Waals surface area contributed by atoms with E-state index in [1.165, 1.54) is 6.92 Å². The molecule has 16 heteroatoms. The van der Waals surface area contributed by atoms with Gasteiger partial charge >= 0.3 is 6.09 Å². The zero-order valence-corrected chi connectivity index (χ0v) is 27.2. The van der Waals surface area contributed by atoms with Crippen molar-refractivity contribution >= 4 is 35.6 Å². The van der Waals surface area contributed by atoms with E-state index in [0.717, 1.165) is 5.56 Å². The molecule has 0 aliphatic carbocycles. The van der Waals surface area contributed by atoms with E-state index >= 15 is 0 Å². The van der Waals surface area contributed by atoms with E-state index in [4.69, 9.17) is 20.9 Å². The fourth-order valence-corrected chi connectivity index (χ4v) is 4.17. The maximum absolute atomic E-state index is 13.1. The average molecular weight is 673 g/mol. The van der Waals surface area contributed by atoms with E-state index < -0.39 is 84.5 Å². The summed E-state index contributed by atoms with van der Waals surface area (Å²) < 4.78 is 10.8. The number of aliphatic hydroxyl groups is 2. The molecule has 0 spiro atoms. The molecule has 0 aromatic heterocycles. The van der Waals surface area contributed by atoms with Gasteiger partial charge in [-0.05, 0) is 51.0 Å². The first-order chi connectivity index (χ1) is 22.5. The number of hydrogen-bond donors (Lipinski definition) is 8. The lowest BCUT2D eigenvalue weighted by Crippen LogP contribution is -2.60. The van der Waals surface area contributed by atoms with Crippen molar-refractivity contribution in [1.82, 2.24) is 21.3 Å². The van der Waals surface area contributed by atoms with Crippen LogP contribution in [0.1, 0.15) is 45.2 Å². The summed E-state index contributed by atoms with van der Waals surface area (Å²) in [5.74, 6) is -4.51. The number of hydrogen-bond acceptors (Lipinski definition) is 10. The number of primary amides is 2. The van der Waals surface area contributed by atoms with Crippen LogP contribution in [0.5, 0.6) is 5.75 Å². The Labute approximate surface area is 277 Å². The van der Waals surface area contributed by atoms with Gasteiger partial charge in [-0.1, -0.05) is 42.5 Å². The molecule has 2 aromatic carbocycles. The lowest BCUT2D eigenvalue weighted by Gasteiger charge is -2.27. The molecule has 0 saturated carbocycles. The maximum Gasteiger partial charge on any atom is 0.408 e. The van der Waals surface area contributed by atoms with Crippen molar-refractivity contribution in [3.8, 4) is 5.75 Å². The van der Waals surface area contributed by atoms with E-state index in [1.807, 2.05) is 30.3 Å². The summed E-state index contributed by atoms with van der Waals surface area (Å²) in [7, 11) is 0. The number of benzene rings is 2. The van der Waals surface area contributed by atoms with Crippen LogP contribution in [-0.2, 0) is 41.7 Å². The van der Waals surface area contributed by atoms with Gasteiger partial charge < -0.3 is 52.4 Å². The van der Waals surface area contributed by atoms with Gasteiger partial charge in [0, 0.05) is 6.42 Å². The van der Waals surface area contributed by atoms with Gasteiger partial charge in [0.2, 0.25) is 29.5 Å². The summed E-state index contributed by atoms with van der Waals surface area (Å²) in [6.07, 6.45) is -3.27. The third-order valence-corrected chi connectivity index (χ3v) is 6.56. The summed E-state index contributed by atoms with van der Waals surface area (Å²) in [6, 6.07) is 10.1. The third-order valence-electron chi connectivity index (χ3n) is 6.56. The van der Waals surface area contributed by atoms with Crippen molar-refractivity contribution in [2.24, 2.45) is 11.5 Å². The van der Waals surface area contributed by atoms with Crippen molar-refractivity contribution < 1.29 is 48.5 Å². The van der Waals surface area contributed by atoms with Crippen LogP contribution in [-0.4, -0.2) is 88.3 Å². The van der Waals surface area contributed by atoms with Gasteiger partial charge in [0.25, 0.3) is 0 Å². The van der Waals surface area contributed by atoms with Crippen LogP contribution < -0.4 is 37.5 Å². The fraction of sp³-hybridized carbons (Fsp3) is 0.438. The Morgan fingerprint density at radius 1 is 0.771 bits per heavy atom. The number of aliphatic hydroxyl groups excluding tert-OH is 2. The number of nitrogens with one attached hydrogen (secondary N) is 4. The van der Waals surface area contributed by atoms with Gasteiger partial charge in [-0.25, -0.2) is 4.79 Å². The largest absolute Gasteiger partial charge is 0.489 e. The second-order valence-electron chi connectivity index (χ2n) is 11.9. The van der Waals surface area contributed by atoms with E-state index in [9.17, 15) is 39.0 Å². The topological polar surface area (TPSA) is 262 Å². The van der Waals surface area contributed by atoms with Gasteiger partial charge in [-0.3, -0.25) is 24.0 Å². The third kappa shape index (κ3) is 13.6. The van der Waals surface area contributed by atoms with Gasteiger partial charge in [-0.15, -0.1) is 0 Å². The molecule has 48 heavy (non-hydrogen) atoms. The molecule has 5 atom stereocenters. The standard InChI is InChI=1S/C32H44N6O10/c1-18(40)26(38-31(46)48-32(2,3)4)30(45)36-23(15-25(33)41)28(43)37-24(16-39)29(44)35-22(27(34)42)14-19-10-12-21(13-11-19)47-17-20-8-6-5-7-9-20/h5-13,18,22-24,26,39-40H,14-17H2,1-4H3,(H2,33,41)(H2,34,42)(H,35,44)(H,36,45)(H,37,43)(H,38,46)/t18-,22-,23-,24-,26+/m0/s1. The molecule has 0 unspecified atom stereocenters. The molecule has 0 aliphatic rings. The van der Waals surface area contributed by atoms with Crippen molar-refractivity contribution in [2.75, 3.05) is 6.61 Å². The van der Waals surface area contributed by atoms with Crippen LogP contribution in [0.25, 0.3) is 0 Å². The molecule has 16 nitrogen and oxygen atoms in total. The predicted molar refractivity (Wildman–Crippen MR) is 172 cm³/mol. The highest BCUT2D eigenvalue weighted by atomic mass is 16.6. The molecule has 0 bridgehead atoms. The molecule has 0 fully saturated rings. The molecule has 0 radical (unpaired) electrons. The number of alkyl carbamates (subject to hydrolysis) is 1. The Bertz CT molecular complexity index is 1410. The minimum absolute atomic E-state index is 0.0299. The molecule has 10 N–H and O–H groups in total.